The average Bonchev–Trinajstić information content (AvgIpc) is 3.16. The number of aliphatic hydroxyl groups excluding tert-OH is 1. The van der Waals surface area contributed by atoms with Gasteiger partial charge in [-0.05, 0) is 111 Å². The Bertz CT molecular complexity index is 686. The average molecular weight is 416 g/mol. The third-order valence-electron chi connectivity index (χ3n) is 12.1. The molecule has 0 aromatic carbocycles. The number of ether oxygens (including phenoxy) is 1. The molecule has 3 heteroatoms. The van der Waals surface area contributed by atoms with E-state index in [1.807, 2.05) is 0 Å². The highest BCUT2D eigenvalue weighted by atomic mass is 16.5. The number of nitrogens with one attached hydrogen (secondary N) is 1. The van der Waals surface area contributed by atoms with Crippen molar-refractivity contribution in [3.63, 3.8) is 0 Å². The fourth-order valence-corrected chi connectivity index (χ4v) is 10.4. The van der Waals surface area contributed by atoms with Gasteiger partial charge < -0.3 is 9.84 Å². The molecule has 4 saturated carbocycles. The van der Waals surface area contributed by atoms with Gasteiger partial charge in [0, 0.05) is 12.5 Å². The molecule has 3 nitrogen and oxygen atoms in total. The summed E-state index contributed by atoms with van der Waals surface area (Å²) in [4.78, 5) is 0. The Kier molecular flexibility index (Phi) is 4.58. The number of rotatable bonds is 0. The number of fused-ring (bicyclic) bond motifs is 7. The van der Waals surface area contributed by atoms with E-state index in [1.54, 1.807) is 0 Å². The summed E-state index contributed by atoms with van der Waals surface area (Å²) in [5.41, 5.74) is 0.919. The molecule has 2 heterocycles. The van der Waals surface area contributed by atoms with Crippen LogP contribution in [0.1, 0.15) is 91.9 Å². The van der Waals surface area contributed by atoms with E-state index < -0.39 is 0 Å². The van der Waals surface area contributed by atoms with Crippen LogP contribution in [0.5, 0.6) is 0 Å². The fourth-order valence-electron chi connectivity index (χ4n) is 10.4. The standard InChI is InChI=1S/C27H45NO2/c1-16-7-12-27(28-15-16)17(2)24-23(30-27)14-22-20-6-5-18-13-19(29)8-10-25(18,3)21(20)9-11-26(22,24)4/h16-24,28-29H,5-15H2,1-4H3/t16-,17-,18-,19-,20+,21-,22-,23?,24?,25-,26-,27-/m0/s1. The molecule has 0 aromatic rings. The summed E-state index contributed by atoms with van der Waals surface area (Å²) in [7, 11) is 0. The Morgan fingerprint density at radius 1 is 0.867 bits per heavy atom. The number of piperidine rings is 1. The predicted octanol–water partition coefficient (Wildman–Crippen LogP) is 5.37. The monoisotopic (exact) mass is 415 g/mol. The van der Waals surface area contributed by atoms with Crippen LogP contribution in [0.4, 0.5) is 0 Å². The Labute approximate surface area is 184 Å². The molecule has 0 radical (unpaired) electrons. The Morgan fingerprint density at radius 3 is 2.43 bits per heavy atom. The minimum Gasteiger partial charge on any atom is -0.393 e. The maximum atomic E-state index is 10.3. The van der Waals surface area contributed by atoms with Crippen LogP contribution in [-0.4, -0.2) is 29.6 Å². The summed E-state index contributed by atoms with van der Waals surface area (Å²) in [6.45, 7) is 11.3. The van der Waals surface area contributed by atoms with Crippen LogP contribution in [0.25, 0.3) is 0 Å². The molecule has 2 unspecified atom stereocenters. The van der Waals surface area contributed by atoms with Crippen LogP contribution in [-0.2, 0) is 4.74 Å². The molecule has 170 valence electrons. The van der Waals surface area contributed by atoms with Gasteiger partial charge in [0.05, 0.1) is 12.2 Å². The van der Waals surface area contributed by atoms with Crippen LogP contribution in [0.2, 0.25) is 0 Å². The smallest absolute Gasteiger partial charge is 0.122 e. The first-order valence-corrected chi connectivity index (χ1v) is 13.4. The molecule has 12 atom stereocenters. The summed E-state index contributed by atoms with van der Waals surface area (Å²) in [5, 5.41) is 14.2. The van der Waals surface area contributed by atoms with Crippen LogP contribution in [0.15, 0.2) is 0 Å². The summed E-state index contributed by atoms with van der Waals surface area (Å²) in [6.07, 6.45) is 13.2. The fraction of sp³-hybridized carbons (Fsp3) is 1.00. The molecule has 6 aliphatic rings. The molecule has 2 saturated heterocycles. The zero-order valence-corrected chi connectivity index (χ0v) is 19.8. The minimum absolute atomic E-state index is 0.0319. The first kappa shape index (κ1) is 20.5. The summed E-state index contributed by atoms with van der Waals surface area (Å²) in [5.74, 6) is 5.57. The van der Waals surface area contributed by atoms with Crippen LogP contribution in [0, 0.1) is 52.3 Å². The van der Waals surface area contributed by atoms with E-state index in [2.05, 4.69) is 33.0 Å². The molecule has 6 fully saturated rings. The third-order valence-corrected chi connectivity index (χ3v) is 12.1. The molecule has 30 heavy (non-hydrogen) atoms. The van der Waals surface area contributed by atoms with Crippen molar-refractivity contribution >= 4 is 0 Å². The second-order valence-electron chi connectivity index (χ2n) is 13.3. The molecule has 6 rings (SSSR count). The van der Waals surface area contributed by atoms with Crippen molar-refractivity contribution in [2.45, 2.75) is 110 Å². The van der Waals surface area contributed by atoms with Gasteiger partial charge in [0.25, 0.3) is 0 Å². The third kappa shape index (κ3) is 2.61. The minimum atomic E-state index is -0.0320. The maximum Gasteiger partial charge on any atom is 0.122 e. The molecular formula is C27H45NO2. The van der Waals surface area contributed by atoms with Crippen molar-refractivity contribution in [1.82, 2.24) is 5.32 Å². The first-order valence-electron chi connectivity index (χ1n) is 13.4. The molecule has 1 spiro atoms. The normalized spacial score (nSPS) is 62.5. The molecule has 0 bridgehead atoms. The highest BCUT2D eigenvalue weighted by Crippen LogP contribution is 2.71. The van der Waals surface area contributed by atoms with Gasteiger partial charge >= 0.3 is 0 Å². The lowest BCUT2D eigenvalue weighted by atomic mass is 9.44. The van der Waals surface area contributed by atoms with E-state index in [0.29, 0.717) is 22.9 Å². The largest absolute Gasteiger partial charge is 0.393 e. The number of hydrogen-bond acceptors (Lipinski definition) is 3. The lowest BCUT2D eigenvalue weighted by Gasteiger charge is -2.61. The lowest BCUT2D eigenvalue weighted by molar-refractivity contribution is -0.140. The summed E-state index contributed by atoms with van der Waals surface area (Å²) >= 11 is 0. The highest BCUT2D eigenvalue weighted by Gasteiger charge is 2.68. The molecule has 0 aromatic heterocycles. The van der Waals surface area contributed by atoms with Gasteiger partial charge in [-0.15, -0.1) is 0 Å². The van der Waals surface area contributed by atoms with E-state index in [1.165, 1.54) is 51.4 Å². The van der Waals surface area contributed by atoms with Gasteiger partial charge in [-0.25, -0.2) is 0 Å². The number of aliphatic hydroxyl groups is 1. The Hall–Kier alpha value is -0.120. The van der Waals surface area contributed by atoms with Crippen LogP contribution in [0.3, 0.4) is 0 Å². The quantitative estimate of drug-likeness (QED) is 0.559. The van der Waals surface area contributed by atoms with Gasteiger partial charge in [-0.1, -0.05) is 27.7 Å². The van der Waals surface area contributed by atoms with E-state index in [4.69, 9.17) is 4.74 Å². The van der Waals surface area contributed by atoms with Crippen molar-refractivity contribution < 1.29 is 9.84 Å². The van der Waals surface area contributed by atoms with Crippen LogP contribution >= 0.6 is 0 Å². The van der Waals surface area contributed by atoms with Gasteiger partial charge in [-0.2, -0.15) is 0 Å². The lowest BCUT2D eigenvalue weighted by Crippen LogP contribution is -2.57. The molecule has 0 amide bonds. The molecular weight excluding hydrogens is 370 g/mol. The van der Waals surface area contributed by atoms with E-state index >= 15 is 0 Å². The van der Waals surface area contributed by atoms with Gasteiger partial charge in [0.2, 0.25) is 0 Å². The topological polar surface area (TPSA) is 41.5 Å². The Balaban J connectivity index is 1.26. The van der Waals surface area contributed by atoms with Gasteiger partial charge in [0.15, 0.2) is 0 Å². The molecule has 2 aliphatic heterocycles. The van der Waals surface area contributed by atoms with Gasteiger partial charge in [0.1, 0.15) is 5.72 Å². The van der Waals surface area contributed by atoms with Crippen LogP contribution < -0.4 is 5.32 Å². The van der Waals surface area contributed by atoms with E-state index in [0.717, 1.165) is 54.9 Å². The van der Waals surface area contributed by atoms with Crippen molar-refractivity contribution in [2.75, 3.05) is 6.54 Å². The van der Waals surface area contributed by atoms with Crippen molar-refractivity contribution in [2.24, 2.45) is 52.3 Å². The van der Waals surface area contributed by atoms with Crippen molar-refractivity contribution in [3.05, 3.63) is 0 Å². The number of hydrogen-bond donors (Lipinski definition) is 2. The van der Waals surface area contributed by atoms with E-state index in [-0.39, 0.29) is 11.8 Å². The highest BCUT2D eigenvalue weighted by molar-refractivity contribution is 5.16. The zero-order chi connectivity index (χ0) is 20.9. The predicted molar refractivity (Wildman–Crippen MR) is 120 cm³/mol. The SMILES string of the molecule is C[C@H]1CC[C@]2(NC1)OC1C[C@H]3[C@@H]4CC[C@H]5C[C@@H](O)CC[C@]5(C)[C@H]4CC[C@]3(C)C1[C@@H]2C. The summed E-state index contributed by atoms with van der Waals surface area (Å²) in [6, 6.07) is 0. The summed E-state index contributed by atoms with van der Waals surface area (Å²) < 4.78 is 7.01. The van der Waals surface area contributed by atoms with Gasteiger partial charge in [-0.3, -0.25) is 5.32 Å². The second-order valence-corrected chi connectivity index (χ2v) is 13.3. The second kappa shape index (κ2) is 6.70. The first-order chi connectivity index (χ1) is 14.3. The van der Waals surface area contributed by atoms with Crippen molar-refractivity contribution in [1.29, 1.82) is 0 Å². The maximum absolute atomic E-state index is 10.3. The molecule has 2 N–H and O–H groups in total. The van der Waals surface area contributed by atoms with E-state index in [9.17, 15) is 5.11 Å². The zero-order valence-electron chi connectivity index (χ0n) is 19.8. The molecule has 4 aliphatic carbocycles. The Morgan fingerprint density at radius 2 is 1.67 bits per heavy atom. The van der Waals surface area contributed by atoms with Crippen molar-refractivity contribution in [3.8, 4) is 0 Å².